The minimum absolute atomic E-state index is 0.0555. The molecule has 0 spiro atoms. The van der Waals surface area contributed by atoms with Gasteiger partial charge < -0.3 is 5.32 Å². The molecule has 5 heteroatoms. The van der Waals surface area contributed by atoms with Gasteiger partial charge in [-0.05, 0) is 11.1 Å². The van der Waals surface area contributed by atoms with Gasteiger partial charge in [-0.15, -0.1) is 0 Å². The van der Waals surface area contributed by atoms with Gasteiger partial charge in [-0.3, -0.25) is 15.1 Å². The molecule has 0 aliphatic rings. The summed E-state index contributed by atoms with van der Waals surface area (Å²) in [6.45, 7) is 0.172. The number of aromatic nitrogens is 2. The van der Waals surface area contributed by atoms with Gasteiger partial charge in [-0.25, -0.2) is 4.98 Å². The van der Waals surface area contributed by atoms with Crippen molar-refractivity contribution in [3.05, 3.63) is 90.4 Å². The van der Waals surface area contributed by atoms with E-state index in [0.29, 0.717) is 5.82 Å². The fourth-order valence-electron chi connectivity index (χ4n) is 2.46. The van der Waals surface area contributed by atoms with Crippen molar-refractivity contribution in [2.75, 3.05) is 11.9 Å². The molecule has 3 rings (SSSR count). The van der Waals surface area contributed by atoms with Crippen molar-refractivity contribution in [2.45, 2.75) is 6.04 Å². The molecule has 0 bridgehead atoms. The van der Waals surface area contributed by atoms with E-state index >= 15 is 0 Å². The van der Waals surface area contributed by atoms with Crippen molar-refractivity contribution < 1.29 is 4.79 Å². The molecule has 0 radical (unpaired) electrons. The number of rotatable bonds is 6. The van der Waals surface area contributed by atoms with Gasteiger partial charge in [0.05, 0.1) is 18.8 Å². The lowest BCUT2D eigenvalue weighted by atomic mass is 9.99. The maximum absolute atomic E-state index is 12.1. The number of nitrogens with one attached hydrogen (secondary N) is 2. The highest BCUT2D eigenvalue weighted by Crippen LogP contribution is 2.21. The van der Waals surface area contributed by atoms with Gasteiger partial charge in [0.1, 0.15) is 0 Å². The van der Waals surface area contributed by atoms with E-state index in [1.807, 2.05) is 60.7 Å². The summed E-state index contributed by atoms with van der Waals surface area (Å²) in [6.07, 6.45) is 4.62. The molecule has 1 aromatic heterocycles. The number of carbonyl (C=O) groups is 1. The van der Waals surface area contributed by atoms with Crippen LogP contribution in [0.5, 0.6) is 0 Å². The first-order valence-corrected chi connectivity index (χ1v) is 7.72. The van der Waals surface area contributed by atoms with E-state index in [9.17, 15) is 4.79 Å². The Bertz CT molecular complexity index is 724. The number of nitrogens with zero attached hydrogens (tertiary/aromatic N) is 2. The zero-order valence-electron chi connectivity index (χ0n) is 13.1. The Balaban J connectivity index is 1.70. The average molecular weight is 318 g/mol. The molecule has 24 heavy (non-hydrogen) atoms. The zero-order valence-corrected chi connectivity index (χ0v) is 13.1. The van der Waals surface area contributed by atoms with Crippen LogP contribution in [0.1, 0.15) is 17.2 Å². The molecule has 0 saturated carbocycles. The number of benzene rings is 2. The smallest absolute Gasteiger partial charge is 0.239 e. The van der Waals surface area contributed by atoms with Gasteiger partial charge >= 0.3 is 0 Å². The van der Waals surface area contributed by atoms with Crippen molar-refractivity contribution in [1.29, 1.82) is 0 Å². The minimum Gasteiger partial charge on any atom is -0.308 e. The summed E-state index contributed by atoms with van der Waals surface area (Å²) in [5.74, 6) is 0.285. The van der Waals surface area contributed by atoms with E-state index in [1.54, 1.807) is 12.4 Å². The number of anilines is 1. The first-order chi connectivity index (χ1) is 11.8. The molecule has 3 aromatic rings. The highest BCUT2D eigenvalue weighted by molar-refractivity contribution is 5.91. The summed E-state index contributed by atoms with van der Waals surface area (Å²) in [4.78, 5) is 20.1. The predicted octanol–water partition coefficient (Wildman–Crippen LogP) is 2.79. The maximum atomic E-state index is 12.1. The fraction of sp³-hybridized carbons (Fsp3) is 0.105. The lowest BCUT2D eigenvalue weighted by molar-refractivity contribution is -0.115. The second-order valence-corrected chi connectivity index (χ2v) is 5.27. The normalized spacial score (nSPS) is 10.5. The Kier molecular flexibility index (Phi) is 5.27. The van der Waals surface area contributed by atoms with Crippen molar-refractivity contribution in [3.63, 3.8) is 0 Å². The van der Waals surface area contributed by atoms with Crippen LogP contribution in [-0.4, -0.2) is 22.4 Å². The second-order valence-electron chi connectivity index (χ2n) is 5.27. The molecule has 0 saturated heterocycles. The number of carbonyl (C=O) groups excluding carboxylic acids is 1. The summed E-state index contributed by atoms with van der Waals surface area (Å²) in [7, 11) is 0. The Morgan fingerprint density at radius 3 is 2.08 bits per heavy atom. The second kappa shape index (κ2) is 7.99. The van der Waals surface area contributed by atoms with Crippen molar-refractivity contribution in [2.24, 2.45) is 0 Å². The summed E-state index contributed by atoms with van der Waals surface area (Å²) in [5, 5.41) is 6.04. The molecule has 0 aliphatic carbocycles. The van der Waals surface area contributed by atoms with E-state index < -0.39 is 0 Å². The molecule has 0 atom stereocenters. The van der Waals surface area contributed by atoms with Crippen molar-refractivity contribution in [3.8, 4) is 0 Å². The number of hydrogen-bond acceptors (Lipinski definition) is 4. The third-order valence-corrected chi connectivity index (χ3v) is 3.56. The standard InChI is InChI=1S/C19H18N4O/c24-18(23-17-13-20-11-12-21-17)14-22-19(15-7-3-1-4-8-15)16-9-5-2-6-10-16/h1-13,19,22H,14H2,(H,21,23,24). The molecular weight excluding hydrogens is 300 g/mol. The van der Waals surface area contributed by atoms with E-state index in [-0.39, 0.29) is 18.5 Å². The van der Waals surface area contributed by atoms with E-state index in [4.69, 9.17) is 0 Å². The molecule has 1 amide bonds. The third kappa shape index (κ3) is 4.24. The quantitative estimate of drug-likeness (QED) is 0.733. The van der Waals surface area contributed by atoms with Gasteiger partial charge in [0.2, 0.25) is 5.91 Å². The Morgan fingerprint density at radius 2 is 1.54 bits per heavy atom. The largest absolute Gasteiger partial charge is 0.308 e. The zero-order chi connectivity index (χ0) is 16.6. The summed E-state index contributed by atoms with van der Waals surface area (Å²) < 4.78 is 0. The Hall–Kier alpha value is -3.05. The lowest BCUT2D eigenvalue weighted by Gasteiger charge is -2.19. The van der Waals surface area contributed by atoms with Crippen LogP contribution < -0.4 is 10.6 Å². The SMILES string of the molecule is O=C(CNC(c1ccccc1)c1ccccc1)Nc1cnccn1. The van der Waals surface area contributed by atoms with E-state index in [2.05, 4.69) is 20.6 Å². The fourth-order valence-corrected chi connectivity index (χ4v) is 2.46. The van der Waals surface area contributed by atoms with Crippen LogP contribution in [-0.2, 0) is 4.79 Å². The van der Waals surface area contributed by atoms with Gasteiger partial charge in [0.15, 0.2) is 5.82 Å². The molecule has 120 valence electrons. The van der Waals surface area contributed by atoms with E-state index in [1.165, 1.54) is 6.20 Å². The highest BCUT2D eigenvalue weighted by atomic mass is 16.2. The Labute approximate surface area is 140 Å². The van der Waals surface area contributed by atoms with Crippen LogP contribution in [0.4, 0.5) is 5.82 Å². The molecule has 0 aliphatic heterocycles. The van der Waals surface area contributed by atoms with Crippen LogP contribution >= 0.6 is 0 Å². The molecule has 0 fully saturated rings. The van der Waals surface area contributed by atoms with Gasteiger partial charge in [0.25, 0.3) is 0 Å². The first-order valence-electron chi connectivity index (χ1n) is 7.72. The van der Waals surface area contributed by atoms with Crippen LogP contribution in [0, 0.1) is 0 Å². The van der Waals surface area contributed by atoms with Crippen LogP contribution in [0.2, 0.25) is 0 Å². The molecule has 2 N–H and O–H groups in total. The van der Waals surface area contributed by atoms with Crippen LogP contribution in [0.3, 0.4) is 0 Å². The maximum Gasteiger partial charge on any atom is 0.239 e. The average Bonchev–Trinajstić information content (AvgIpc) is 2.64. The molecule has 2 aromatic carbocycles. The molecule has 5 nitrogen and oxygen atoms in total. The monoisotopic (exact) mass is 318 g/mol. The van der Waals surface area contributed by atoms with Crippen molar-refractivity contribution >= 4 is 11.7 Å². The molecular formula is C19H18N4O. The van der Waals surface area contributed by atoms with Gasteiger partial charge in [-0.1, -0.05) is 60.7 Å². The van der Waals surface area contributed by atoms with Gasteiger partial charge in [0, 0.05) is 12.4 Å². The summed E-state index contributed by atoms with van der Waals surface area (Å²) in [5.41, 5.74) is 2.21. The van der Waals surface area contributed by atoms with Crippen molar-refractivity contribution in [1.82, 2.24) is 15.3 Å². The number of amides is 1. The Morgan fingerprint density at radius 1 is 0.917 bits per heavy atom. The molecule has 1 heterocycles. The summed E-state index contributed by atoms with van der Waals surface area (Å²) in [6, 6.07) is 20.1. The number of hydrogen-bond donors (Lipinski definition) is 2. The van der Waals surface area contributed by atoms with Crippen LogP contribution in [0.25, 0.3) is 0 Å². The summed E-state index contributed by atoms with van der Waals surface area (Å²) >= 11 is 0. The van der Waals surface area contributed by atoms with Crippen LogP contribution in [0.15, 0.2) is 79.3 Å². The third-order valence-electron chi connectivity index (χ3n) is 3.56. The lowest BCUT2D eigenvalue weighted by Crippen LogP contribution is -2.32. The predicted molar refractivity (Wildman–Crippen MR) is 93.4 cm³/mol. The topological polar surface area (TPSA) is 66.9 Å². The highest BCUT2D eigenvalue weighted by Gasteiger charge is 2.14. The minimum atomic E-state index is -0.160. The molecule has 0 unspecified atom stereocenters. The first kappa shape index (κ1) is 15.8. The van der Waals surface area contributed by atoms with E-state index in [0.717, 1.165) is 11.1 Å². The van der Waals surface area contributed by atoms with Gasteiger partial charge in [-0.2, -0.15) is 0 Å².